The van der Waals surface area contributed by atoms with Crippen LogP contribution in [0.3, 0.4) is 0 Å². The second kappa shape index (κ2) is 6.76. The highest BCUT2D eigenvalue weighted by molar-refractivity contribution is 5.29. The second-order valence-electron chi connectivity index (χ2n) is 6.94. The molecule has 0 spiro atoms. The average molecular weight is 271 g/mol. The van der Waals surface area contributed by atoms with E-state index < -0.39 is 0 Å². The Morgan fingerprint density at radius 3 is 2.50 bits per heavy atom. The zero-order chi connectivity index (χ0) is 13.8. The molecule has 0 amide bonds. The number of benzene rings is 1. The van der Waals surface area contributed by atoms with Crippen LogP contribution in [0.25, 0.3) is 0 Å². The number of hydrogen-bond acceptors (Lipinski definition) is 1. The van der Waals surface area contributed by atoms with Crippen molar-refractivity contribution in [1.29, 1.82) is 0 Å². The summed E-state index contributed by atoms with van der Waals surface area (Å²) in [6.07, 6.45) is 11.4. The van der Waals surface area contributed by atoms with Gasteiger partial charge in [-0.25, -0.2) is 0 Å². The number of rotatable bonds is 5. The lowest BCUT2D eigenvalue weighted by molar-refractivity contribution is 0.336. The van der Waals surface area contributed by atoms with E-state index in [1.54, 1.807) is 5.56 Å². The standard InChI is InChI=1S/C19H29N/c1-15(17-8-4-2-3-5-9-17)20-14-16-7-6-10-19(13-16)18-11-12-18/h6-7,10,13,15,17-18,20H,2-5,8-9,11-12,14H2,1H3/t15-/m1/s1. The maximum atomic E-state index is 3.78. The van der Waals surface area contributed by atoms with Crippen LogP contribution in [0.2, 0.25) is 0 Å². The molecule has 20 heavy (non-hydrogen) atoms. The lowest BCUT2D eigenvalue weighted by Crippen LogP contribution is -2.32. The summed E-state index contributed by atoms with van der Waals surface area (Å²) in [5.74, 6) is 1.76. The van der Waals surface area contributed by atoms with Gasteiger partial charge in [-0.05, 0) is 55.6 Å². The normalized spacial score (nSPS) is 22.4. The van der Waals surface area contributed by atoms with E-state index in [1.807, 2.05) is 0 Å². The van der Waals surface area contributed by atoms with Crippen LogP contribution in [0.1, 0.15) is 75.3 Å². The molecule has 1 aromatic carbocycles. The van der Waals surface area contributed by atoms with Gasteiger partial charge in [0.2, 0.25) is 0 Å². The van der Waals surface area contributed by atoms with Gasteiger partial charge in [0.15, 0.2) is 0 Å². The summed E-state index contributed by atoms with van der Waals surface area (Å²) in [6.45, 7) is 3.43. The Morgan fingerprint density at radius 2 is 1.80 bits per heavy atom. The fraction of sp³-hybridized carbons (Fsp3) is 0.684. The summed E-state index contributed by atoms with van der Waals surface area (Å²) >= 11 is 0. The maximum Gasteiger partial charge on any atom is 0.0208 e. The summed E-state index contributed by atoms with van der Waals surface area (Å²) in [6, 6.07) is 9.90. The highest BCUT2D eigenvalue weighted by Gasteiger charge is 2.23. The van der Waals surface area contributed by atoms with Gasteiger partial charge in [-0.15, -0.1) is 0 Å². The van der Waals surface area contributed by atoms with Crippen LogP contribution >= 0.6 is 0 Å². The Balaban J connectivity index is 1.51. The van der Waals surface area contributed by atoms with Crippen LogP contribution < -0.4 is 5.32 Å². The molecule has 0 heterocycles. The van der Waals surface area contributed by atoms with Crippen molar-refractivity contribution in [3.63, 3.8) is 0 Å². The SMILES string of the molecule is C[C@@H](NCc1cccc(C2CC2)c1)C1CCCCCC1. The Morgan fingerprint density at radius 1 is 1.05 bits per heavy atom. The van der Waals surface area contributed by atoms with Gasteiger partial charge in [0, 0.05) is 12.6 Å². The van der Waals surface area contributed by atoms with Crippen LogP contribution in [0.15, 0.2) is 24.3 Å². The molecule has 1 heteroatoms. The van der Waals surface area contributed by atoms with E-state index in [9.17, 15) is 0 Å². The molecular formula is C19H29N. The van der Waals surface area contributed by atoms with Gasteiger partial charge in [-0.3, -0.25) is 0 Å². The molecule has 2 fully saturated rings. The van der Waals surface area contributed by atoms with Crippen LogP contribution in [0.5, 0.6) is 0 Å². The van der Waals surface area contributed by atoms with Crippen LogP contribution in [0, 0.1) is 5.92 Å². The zero-order valence-corrected chi connectivity index (χ0v) is 12.9. The van der Waals surface area contributed by atoms with Gasteiger partial charge < -0.3 is 5.32 Å². The molecule has 0 saturated heterocycles. The topological polar surface area (TPSA) is 12.0 Å². The minimum Gasteiger partial charge on any atom is -0.310 e. The minimum absolute atomic E-state index is 0.665. The molecule has 1 aromatic rings. The van der Waals surface area contributed by atoms with Gasteiger partial charge in [-0.2, -0.15) is 0 Å². The van der Waals surface area contributed by atoms with Gasteiger partial charge in [0.1, 0.15) is 0 Å². The van der Waals surface area contributed by atoms with E-state index in [1.165, 1.54) is 56.9 Å². The first-order valence-corrected chi connectivity index (χ1v) is 8.65. The number of hydrogen-bond donors (Lipinski definition) is 1. The van der Waals surface area contributed by atoms with Crippen molar-refractivity contribution in [2.45, 2.75) is 76.8 Å². The molecule has 1 atom stereocenters. The molecule has 0 aromatic heterocycles. The summed E-state index contributed by atoms with van der Waals surface area (Å²) in [4.78, 5) is 0. The molecule has 110 valence electrons. The van der Waals surface area contributed by atoms with E-state index in [0.717, 1.165) is 18.4 Å². The van der Waals surface area contributed by atoms with Crippen molar-refractivity contribution in [1.82, 2.24) is 5.32 Å². The Kier molecular flexibility index (Phi) is 4.77. The summed E-state index contributed by atoms with van der Waals surface area (Å²) in [5.41, 5.74) is 3.03. The third kappa shape index (κ3) is 3.85. The number of nitrogens with one attached hydrogen (secondary N) is 1. The zero-order valence-electron chi connectivity index (χ0n) is 12.9. The van der Waals surface area contributed by atoms with Crippen LogP contribution in [-0.4, -0.2) is 6.04 Å². The predicted molar refractivity (Wildman–Crippen MR) is 85.9 cm³/mol. The van der Waals surface area contributed by atoms with Gasteiger partial charge in [-0.1, -0.05) is 49.9 Å². The Bertz CT molecular complexity index is 414. The fourth-order valence-electron chi connectivity index (χ4n) is 3.63. The molecular weight excluding hydrogens is 242 g/mol. The van der Waals surface area contributed by atoms with Crippen LogP contribution in [-0.2, 0) is 6.54 Å². The molecule has 0 unspecified atom stereocenters. The molecule has 1 nitrogen and oxygen atoms in total. The van der Waals surface area contributed by atoms with Gasteiger partial charge in [0.25, 0.3) is 0 Å². The highest BCUT2D eigenvalue weighted by Crippen LogP contribution is 2.40. The first-order chi connectivity index (χ1) is 9.83. The smallest absolute Gasteiger partial charge is 0.0208 e. The van der Waals surface area contributed by atoms with E-state index >= 15 is 0 Å². The summed E-state index contributed by atoms with van der Waals surface area (Å²) < 4.78 is 0. The first kappa shape index (κ1) is 14.1. The van der Waals surface area contributed by atoms with Crippen molar-refractivity contribution >= 4 is 0 Å². The van der Waals surface area contributed by atoms with Crippen molar-refractivity contribution in [2.24, 2.45) is 5.92 Å². The molecule has 3 rings (SSSR count). The monoisotopic (exact) mass is 271 g/mol. The molecule has 2 aliphatic rings. The molecule has 0 aliphatic heterocycles. The molecule has 0 bridgehead atoms. The fourth-order valence-corrected chi connectivity index (χ4v) is 3.63. The lowest BCUT2D eigenvalue weighted by atomic mass is 9.93. The minimum atomic E-state index is 0.665. The summed E-state index contributed by atoms with van der Waals surface area (Å²) in [7, 11) is 0. The van der Waals surface area contributed by atoms with Crippen molar-refractivity contribution in [2.75, 3.05) is 0 Å². The van der Waals surface area contributed by atoms with E-state index in [0.29, 0.717) is 6.04 Å². The van der Waals surface area contributed by atoms with Crippen molar-refractivity contribution in [3.8, 4) is 0 Å². The quantitative estimate of drug-likeness (QED) is 0.742. The second-order valence-corrected chi connectivity index (χ2v) is 6.94. The van der Waals surface area contributed by atoms with Gasteiger partial charge in [0.05, 0.1) is 0 Å². The molecule has 2 aliphatic carbocycles. The molecule has 0 radical (unpaired) electrons. The highest BCUT2D eigenvalue weighted by atomic mass is 14.9. The first-order valence-electron chi connectivity index (χ1n) is 8.65. The maximum absolute atomic E-state index is 3.78. The third-order valence-electron chi connectivity index (χ3n) is 5.23. The van der Waals surface area contributed by atoms with E-state index in [4.69, 9.17) is 0 Å². The average Bonchev–Trinajstić information content (AvgIpc) is 3.30. The predicted octanol–water partition coefficient (Wildman–Crippen LogP) is 5.01. The molecule has 2 saturated carbocycles. The lowest BCUT2D eigenvalue weighted by Gasteiger charge is -2.23. The van der Waals surface area contributed by atoms with E-state index in [2.05, 4.69) is 36.5 Å². The van der Waals surface area contributed by atoms with Gasteiger partial charge >= 0.3 is 0 Å². The van der Waals surface area contributed by atoms with Crippen LogP contribution in [0.4, 0.5) is 0 Å². The van der Waals surface area contributed by atoms with Crippen molar-refractivity contribution in [3.05, 3.63) is 35.4 Å². The summed E-state index contributed by atoms with van der Waals surface area (Å²) in [5, 5.41) is 3.78. The van der Waals surface area contributed by atoms with E-state index in [-0.39, 0.29) is 0 Å². The Hall–Kier alpha value is -0.820. The van der Waals surface area contributed by atoms with Crippen molar-refractivity contribution < 1.29 is 0 Å². The third-order valence-corrected chi connectivity index (χ3v) is 5.23. The largest absolute Gasteiger partial charge is 0.310 e. The Labute approximate surface area is 124 Å². The molecule has 1 N–H and O–H groups in total.